The number of terminal acetylenes is 1. The van der Waals surface area contributed by atoms with Gasteiger partial charge in [-0.3, -0.25) is 0 Å². The van der Waals surface area contributed by atoms with Gasteiger partial charge in [0.1, 0.15) is 0 Å². The average Bonchev–Trinajstić information content (AvgIpc) is 1.89. The molecule has 0 bridgehead atoms. The third kappa shape index (κ3) is 5.30. The lowest BCUT2D eigenvalue weighted by atomic mass is 10.2. The molecule has 0 rings (SSSR count). The highest BCUT2D eigenvalue weighted by Gasteiger charge is 1.79. The van der Waals surface area contributed by atoms with Crippen molar-refractivity contribution in [1.82, 2.24) is 0 Å². The van der Waals surface area contributed by atoms with Gasteiger partial charge in [-0.05, 0) is 19.3 Å². The minimum atomic E-state index is -0.315. The lowest BCUT2D eigenvalue weighted by Gasteiger charge is -1.87. The third-order valence-electron chi connectivity index (χ3n) is 0.875. The van der Waals surface area contributed by atoms with Crippen molar-refractivity contribution < 1.29 is 1.37 Å². The highest BCUT2D eigenvalue weighted by atomic mass is 13.8. The number of hydrogen-bond donors (Lipinski definition) is 0. The molecule has 0 amide bonds. The molecule has 0 aromatic rings. The molecule has 0 saturated carbocycles. The van der Waals surface area contributed by atoms with Crippen molar-refractivity contribution in [2.24, 2.45) is 0 Å². The van der Waals surface area contributed by atoms with E-state index in [2.05, 4.69) is 12.5 Å². The Kier molecular flexibility index (Phi) is 4.28. The second-order valence-corrected chi connectivity index (χ2v) is 1.59. The van der Waals surface area contributed by atoms with E-state index in [1.165, 1.54) is 0 Å². The van der Waals surface area contributed by atoms with Gasteiger partial charge in [-0.1, -0.05) is 6.08 Å². The van der Waals surface area contributed by atoms with Crippen LogP contribution in [0.15, 0.2) is 12.7 Å². The number of unbranched alkanes of at least 4 members (excludes halogenated alkanes) is 1. The van der Waals surface area contributed by atoms with Crippen LogP contribution in [0.1, 0.15) is 27.0 Å². The maximum absolute atomic E-state index is 7.13. The van der Waals surface area contributed by atoms with E-state index in [1.807, 2.05) is 6.08 Å². The summed E-state index contributed by atoms with van der Waals surface area (Å²) in [4.78, 5) is 0. The lowest BCUT2D eigenvalue weighted by molar-refractivity contribution is 0.773. The topological polar surface area (TPSA) is 0 Å². The number of allylic oxidation sites excluding steroid dienone is 1. The fourth-order valence-electron chi connectivity index (χ4n) is 0.448. The first-order chi connectivity index (χ1) is 4.31. The SMILES string of the molecule is [2H]C(C#C)CCCC=C. The number of rotatable bonds is 4. The zero-order valence-electron chi connectivity index (χ0n) is 6.06. The first-order valence-electron chi connectivity index (χ1n) is 3.38. The second kappa shape index (κ2) is 6.30. The lowest BCUT2D eigenvalue weighted by Crippen LogP contribution is -1.70. The molecule has 0 aliphatic carbocycles. The molecule has 0 aromatic carbocycles. The van der Waals surface area contributed by atoms with Gasteiger partial charge in [-0.15, -0.1) is 18.9 Å². The van der Waals surface area contributed by atoms with Crippen molar-refractivity contribution in [2.45, 2.75) is 25.7 Å². The number of hydrogen-bond acceptors (Lipinski definition) is 0. The molecular weight excluding hydrogens is 96.1 g/mol. The Morgan fingerprint density at radius 3 is 3.00 bits per heavy atom. The summed E-state index contributed by atoms with van der Waals surface area (Å²) in [6.45, 7) is 3.57. The predicted octanol–water partition coefficient (Wildman–Crippen LogP) is 2.37. The van der Waals surface area contributed by atoms with Crippen molar-refractivity contribution >= 4 is 0 Å². The van der Waals surface area contributed by atoms with Crippen LogP contribution in [0.3, 0.4) is 0 Å². The van der Waals surface area contributed by atoms with Crippen molar-refractivity contribution in [3.63, 3.8) is 0 Å². The minimum Gasteiger partial charge on any atom is -0.120 e. The summed E-state index contributed by atoms with van der Waals surface area (Å²) < 4.78 is 7.13. The van der Waals surface area contributed by atoms with Gasteiger partial charge < -0.3 is 0 Å². The smallest absolute Gasteiger partial charge is 0.0402 e. The van der Waals surface area contributed by atoms with E-state index in [-0.39, 0.29) is 6.40 Å². The van der Waals surface area contributed by atoms with Crippen LogP contribution in [-0.2, 0) is 0 Å². The summed E-state index contributed by atoms with van der Waals surface area (Å²) >= 11 is 0. The summed E-state index contributed by atoms with van der Waals surface area (Å²) in [7, 11) is 0. The molecule has 0 aliphatic rings. The van der Waals surface area contributed by atoms with Crippen LogP contribution in [0.25, 0.3) is 0 Å². The fraction of sp³-hybridized carbons (Fsp3) is 0.500. The Balaban J connectivity index is 3.08. The van der Waals surface area contributed by atoms with Gasteiger partial charge in [0.05, 0.1) is 0 Å². The van der Waals surface area contributed by atoms with Gasteiger partial charge in [-0.2, -0.15) is 0 Å². The minimum absolute atomic E-state index is 0.315. The first kappa shape index (κ1) is 5.44. The van der Waals surface area contributed by atoms with Crippen LogP contribution < -0.4 is 0 Å². The molecule has 1 unspecified atom stereocenters. The standard InChI is InChI=1S/C8H12/c1-3-5-7-8-6-4-2/h1,4H,2,5-8H2/i5D. The normalized spacial score (nSPS) is 13.6. The Morgan fingerprint density at radius 1 is 1.75 bits per heavy atom. The highest BCUT2D eigenvalue weighted by molar-refractivity contribution is 4.83. The molecule has 0 radical (unpaired) electrons. The molecule has 8 heavy (non-hydrogen) atoms. The third-order valence-corrected chi connectivity index (χ3v) is 0.875. The molecule has 0 aliphatic heterocycles. The van der Waals surface area contributed by atoms with E-state index in [0.29, 0.717) is 0 Å². The predicted molar refractivity (Wildman–Crippen MR) is 37.5 cm³/mol. The molecule has 0 saturated heterocycles. The van der Waals surface area contributed by atoms with E-state index in [9.17, 15) is 0 Å². The Morgan fingerprint density at radius 2 is 2.50 bits per heavy atom. The van der Waals surface area contributed by atoms with Crippen LogP contribution >= 0.6 is 0 Å². The molecular formula is C8H12. The van der Waals surface area contributed by atoms with Crippen molar-refractivity contribution in [3.8, 4) is 12.3 Å². The molecule has 44 valence electrons. The van der Waals surface area contributed by atoms with E-state index < -0.39 is 0 Å². The maximum Gasteiger partial charge on any atom is 0.0402 e. The molecule has 0 N–H and O–H groups in total. The summed E-state index contributed by atoms with van der Waals surface area (Å²) in [5, 5.41) is 0. The van der Waals surface area contributed by atoms with E-state index in [4.69, 9.17) is 7.79 Å². The van der Waals surface area contributed by atoms with Gasteiger partial charge in [0.15, 0.2) is 0 Å². The van der Waals surface area contributed by atoms with Crippen LogP contribution in [0.5, 0.6) is 0 Å². The van der Waals surface area contributed by atoms with Gasteiger partial charge in [0, 0.05) is 7.77 Å². The molecule has 0 spiro atoms. The van der Waals surface area contributed by atoms with Crippen LogP contribution in [0.4, 0.5) is 0 Å². The van der Waals surface area contributed by atoms with Gasteiger partial charge in [0.25, 0.3) is 0 Å². The van der Waals surface area contributed by atoms with Crippen molar-refractivity contribution in [2.75, 3.05) is 0 Å². The van der Waals surface area contributed by atoms with Crippen molar-refractivity contribution in [1.29, 1.82) is 0 Å². The maximum atomic E-state index is 7.13. The van der Waals surface area contributed by atoms with Gasteiger partial charge >= 0.3 is 0 Å². The summed E-state index contributed by atoms with van der Waals surface area (Å²) in [6, 6.07) is 0. The fourth-order valence-corrected chi connectivity index (χ4v) is 0.448. The van der Waals surface area contributed by atoms with Gasteiger partial charge in [-0.25, -0.2) is 0 Å². The Bertz CT molecular complexity index is 110. The van der Waals surface area contributed by atoms with Crippen LogP contribution in [-0.4, -0.2) is 0 Å². The first-order valence-corrected chi connectivity index (χ1v) is 2.80. The molecule has 0 heterocycles. The summed E-state index contributed by atoms with van der Waals surface area (Å²) in [5.41, 5.74) is 0. The van der Waals surface area contributed by atoms with Crippen LogP contribution in [0.2, 0.25) is 0 Å². The van der Waals surface area contributed by atoms with E-state index in [0.717, 1.165) is 19.3 Å². The molecule has 1 atom stereocenters. The van der Waals surface area contributed by atoms with E-state index >= 15 is 0 Å². The average molecular weight is 109 g/mol. The molecule has 0 nitrogen and oxygen atoms in total. The Labute approximate surface area is 53.0 Å². The Hall–Kier alpha value is -0.700. The summed E-state index contributed by atoms with van der Waals surface area (Å²) in [5.74, 6) is 2.36. The van der Waals surface area contributed by atoms with Gasteiger partial charge in [0.2, 0.25) is 0 Å². The monoisotopic (exact) mass is 109 g/mol. The summed E-state index contributed by atoms with van der Waals surface area (Å²) in [6.07, 6.45) is 9.28. The second-order valence-electron chi connectivity index (χ2n) is 1.59. The molecule has 0 aromatic heterocycles. The largest absolute Gasteiger partial charge is 0.120 e. The van der Waals surface area contributed by atoms with Crippen LogP contribution in [0, 0.1) is 12.3 Å². The quantitative estimate of drug-likeness (QED) is 0.295. The molecule has 0 heteroatoms. The zero-order chi connectivity index (χ0) is 7.11. The molecule has 0 fully saturated rings. The van der Waals surface area contributed by atoms with E-state index in [1.54, 1.807) is 0 Å². The zero-order valence-corrected chi connectivity index (χ0v) is 5.06. The van der Waals surface area contributed by atoms with Crippen molar-refractivity contribution in [3.05, 3.63) is 12.7 Å². The highest BCUT2D eigenvalue weighted by Crippen LogP contribution is 1.97.